The summed E-state index contributed by atoms with van der Waals surface area (Å²) < 4.78 is 0. The molecule has 0 saturated carbocycles. The Morgan fingerprint density at radius 3 is 2.40 bits per heavy atom. The van der Waals surface area contributed by atoms with Crippen molar-refractivity contribution >= 4 is 11.9 Å². The molecule has 2 fully saturated rings. The average molecular weight is 340 g/mol. The van der Waals surface area contributed by atoms with Crippen LogP contribution in [0.4, 0.5) is 5.95 Å². The van der Waals surface area contributed by atoms with Crippen molar-refractivity contribution in [3.8, 4) is 0 Å². The molecule has 132 valence electrons. The van der Waals surface area contributed by atoms with Crippen LogP contribution in [0.25, 0.3) is 0 Å². The molecular weight excluding hydrogens is 316 g/mol. The zero-order chi connectivity index (χ0) is 17.1. The van der Waals surface area contributed by atoms with Gasteiger partial charge in [-0.2, -0.15) is 10.1 Å². The summed E-state index contributed by atoms with van der Waals surface area (Å²) in [6.45, 7) is 4.79. The van der Waals surface area contributed by atoms with Gasteiger partial charge in [-0.15, -0.1) is 0 Å². The number of carbonyl (C=O) groups is 1. The van der Waals surface area contributed by atoms with Crippen molar-refractivity contribution in [1.82, 2.24) is 25.4 Å². The number of nitrogens with zero attached hydrogens (tertiary/aromatic N) is 4. The fraction of sp³-hybridized carbons (Fsp3) is 0.500. The van der Waals surface area contributed by atoms with E-state index in [9.17, 15) is 4.79 Å². The minimum atomic E-state index is -0.388. The standard InChI is InChI=1S/C18H24N6O/c25-16(23-10-12-24(13-11-23)17-20-14-21-22-17)18(6-8-19-9-7-18)15-4-2-1-3-5-15/h1-5,14,19H,6-13H2,(H,20,21,22). The van der Waals surface area contributed by atoms with Gasteiger partial charge in [-0.05, 0) is 31.5 Å². The zero-order valence-corrected chi connectivity index (χ0v) is 14.3. The molecule has 2 aliphatic heterocycles. The van der Waals surface area contributed by atoms with Gasteiger partial charge in [-0.3, -0.25) is 4.79 Å². The number of aromatic nitrogens is 3. The summed E-state index contributed by atoms with van der Waals surface area (Å²) in [6.07, 6.45) is 3.24. The second kappa shape index (κ2) is 6.84. The monoisotopic (exact) mass is 340 g/mol. The smallest absolute Gasteiger partial charge is 0.233 e. The molecule has 3 heterocycles. The molecule has 4 rings (SSSR count). The number of benzene rings is 1. The van der Waals surface area contributed by atoms with Crippen LogP contribution in [0.3, 0.4) is 0 Å². The van der Waals surface area contributed by atoms with Crippen molar-refractivity contribution < 1.29 is 4.79 Å². The number of hydrogen-bond donors (Lipinski definition) is 2. The Labute approximate surface area is 147 Å². The van der Waals surface area contributed by atoms with Gasteiger partial charge in [0.05, 0.1) is 5.41 Å². The quantitative estimate of drug-likeness (QED) is 0.863. The SMILES string of the molecule is O=C(N1CCN(c2ncn[nH]2)CC1)C1(c2ccccc2)CCNCC1. The number of amides is 1. The van der Waals surface area contributed by atoms with E-state index in [0.717, 1.165) is 63.6 Å². The number of piperidine rings is 1. The Bertz CT molecular complexity index is 688. The Morgan fingerprint density at radius 2 is 1.76 bits per heavy atom. The number of hydrogen-bond acceptors (Lipinski definition) is 5. The lowest BCUT2D eigenvalue weighted by atomic mass is 9.72. The number of piperazine rings is 1. The lowest BCUT2D eigenvalue weighted by Gasteiger charge is -2.43. The number of aromatic amines is 1. The first-order chi connectivity index (χ1) is 12.3. The minimum Gasteiger partial charge on any atom is -0.338 e. The van der Waals surface area contributed by atoms with E-state index >= 15 is 0 Å². The lowest BCUT2D eigenvalue weighted by Crippen LogP contribution is -2.57. The topological polar surface area (TPSA) is 77.2 Å². The van der Waals surface area contributed by atoms with E-state index < -0.39 is 0 Å². The van der Waals surface area contributed by atoms with Gasteiger partial charge in [0.1, 0.15) is 6.33 Å². The maximum absolute atomic E-state index is 13.5. The van der Waals surface area contributed by atoms with Crippen LogP contribution in [0.5, 0.6) is 0 Å². The molecule has 0 atom stereocenters. The number of nitrogens with one attached hydrogen (secondary N) is 2. The second-order valence-electron chi connectivity index (χ2n) is 6.79. The second-order valence-corrected chi connectivity index (χ2v) is 6.79. The molecule has 1 aromatic carbocycles. The van der Waals surface area contributed by atoms with Gasteiger partial charge in [0, 0.05) is 26.2 Å². The van der Waals surface area contributed by atoms with Crippen molar-refractivity contribution in [3.63, 3.8) is 0 Å². The fourth-order valence-corrected chi connectivity index (χ4v) is 4.01. The van der Waals surface area contributed by atoms with Crippen LogP contribution in [0, 0.1) is 0 Å². The highest BCUT2D eigenvalue weighted by atomic mass is 16.2. The van der Waals surface area contributed by atoms with Crippen LogP contribution in [0.1, 0.15) is 18.4 Å². The molecule has 0 bridgehead atoms. The van der Waals surface area contributed by atoms with Crippen LogP contribution in [0.2, 0.25) is 0 Å². The summed E-state index contributed by atoms with van der Waals surface area (Å²) in [4.78, 5) is 21.9. The first-order valence-corrected chi connectivity index (χ1v) is 8.95. The molecule has 25 heavy (non-hydrogen) atoms. The molecule has 2 N–H and O–H groups in total. The molecule has 0 unspecified atom stereocenters. The molecule has 1 amide bonds. The normalized spacial score (nSPS) is 20.5. The summed E-state index contributed by atoms with van der Waals surface area (Å²) >= 11 is 0. The minimum absolute atomic E-state index is 0.275. The van der Waals surface area contributed by atoms with Crippen molar-refractivity contribution in [2.45, 2.75) is 18.3 Å². The molecule has 1 aromatic heterocycles. The van der Waals surface area contributed by atoms with E-state index in [-0.39, 0.29) is 11.3 Å². The largest absolute Gasteiger partial charge is 0.338 e. The average Bonchev–Trinajstić information content (AvgIpc) is 3.24. The van der Waals surface area contributed by atoms with Crippen LogP contribution in [-0.2, 0) is 10.2 Å². The summed E-state index contributed by atoms with van der Waals surface area (Å²) in [5.41, 5.74) is 0.764. The van der Waals surface area contributed by atoms with Gasteiger partial charge in [0.25, 0.3) is 0 Å². The van der Waals surface area contributed by atoms with Crippen molar-refractivity contribution in [2.24, 2.45) is 0 Å². The molecule has 7 heteroatoms. The third kappa shape index (κ3) is 3.00. The predicted molar refractivity (Wildman–Crippen MR) is 95.4 cm³/mol. The molecular formula is C18H24N6O. The summed E-state index contributed by atoms with van der Waals surface area (Å²) in [6, 6.07) is 10.3. The fourth-order valence-electron chi connectivity index (χ4n) is 4.01. The number of rotatable bonds is 3. The van der Waals surface area contributed by atoms with E-state index in [0.29, 0.717) is 0 Å². The molecule has 0 radical (unpaired) electrons. The summed E-state index contributed by atoms with van der Waals surface area (Å²) in [5, 5.41) is 10.2. The molecule has 0 aliphatic carbocycles. The van der Waals surface area contributed by atoms with E-state index in [1.54, 1.807) is 0 Å². The van der Waals surface area contributed by atoms with Crippen molar-refractivity contribution in [2.75, 3.05) is 44.2 Å². The van der Waals surface area contributed by atoms with Crippen molar-refractivity contribution in [3.05, 3.63) is 42.2 Å². The number of H-pyrrole nitrogens is 1. The van der Waals surface area contributed by atoms with E-state index in [2.05, 4.69) is 37.5 Å². The van der Waals surface area contributed by atoms with Crippen LogP contribution in [0.15, 0.2) is 36.7 Å². The highest BCUT2D eigenvalue weighted by Gasteiger charge is 2.44. The van der Waals surface area contributed by atoms with Crippen LogP contribution in [-0.4, -0.2) is 65.3 Å². The van der Waals surface area contributed by atoms with Gasteiger partial charge >= 0.3 is 0 Å². The maximum atomic E-state index is 13.5. The first-order valence-electron chi connectivity index (χ1n) is 8.95. The molecule has 7 nitrogen and oxygen atoms in total. The zero-order valence-electron chi connectivity index (χ0n) is 14.3. The van der Waals surface area contributed by atoms with Crippen molar-refractivity contribution in [1.29, 1.82) is 0 Å². The predicted octanol–water partition coefficient (Wildman–Crippen LogP) is 0.775. The Hall–Kier alpha value is -2.41. The summed E-state index contributed by atoms with van der Waals surface area (Å²) in [5.74, 6) is 1.06. The van der Waals surface area contributed by atoms with Gasteiger partial charge in [0.2, 0.25) is 11.9 Å². The van der Waals surface area contributed by atoms with E-state index in [4.69, 9.17) is 0 Å². The van der Waals surface area contributed by atoms with Gasteiger partial charge in [-0.1, -0.05) is 30.3 Å². The van der Waals surface area contributed by atoms with Gasteiger partial charge in [-0.25, -0.2) is 5.10 Å². The number of carbonyl (C=O) groups excluding carboxylic acids is 1. The molecule has 2 aromatic rings. The third-order valence-corrected chi connectivity index (χ3v) is 5.46. The van der Waals surface area contributed by atoms with Crippen LogP contribution >= 0.6 is 0 Å². The van der Waals surface area contributed by atoms with Gasteiger partial charge < -0.3 is 15.1 Å². The van der Waals surface area contributed by atoms with E-state index in [1.165, 1.54) is 6.33 Å². The highest BCUT2D eigenvalue weighted by molar-refractivity contribution is 5.88. The van der Waals surface area contributed by atoms with Crippen LogP contribution < -0.4 is 10.2 Å². The Morgan fingerprint density at radius 1 is 1.04 bits per heavy atom. The Balaban J connectivity index is 1.52. The van der Waals surface area contributed by atoms with E-state index in [1.807, 2.05) is 23.1 Å². The highest BCUT2D eigenvalue weighted by Crippen LogP contribution is 2.35. The third-order valence-electron chi connectivity index (χ3n) is 5.46. The molecule has 0 spiro atoms. The Kier molecular flexibility index (Phi) is 4.40. The maximum Gasteiger partial charge on any atom is 0.233 e. The molecule has 2 saturated heterocycles. The molecule has 2 aliphatic rings. The lowest BCUT2D eigenvalue weighted by molar-refractivity contribution is -0.139. The first kappa shape index (κ1) is 16.1. The van der Waals surface area contributed by atoms with Gasteiger partial charge in [0.15, 0.2) is 0 Å². The summed E-state index contributed by atoms with van der Waals surface area (Å²) in [7, 11) is 0. The number of anilines is 1.